The average molecular weight is 467 g/mol. The number of hydrogen-bond acceptors (Lipinski definition) is 6. The van der Waals surface area contributed by atoms with Crippen molar-refractivity contribution in [3.8, 4) is 0 Å². The van der Waals surface area contributed by atoms with Gasteiger partial charge in [-0.3, -0.25) is 9.59 Å². The van der Waals surface area contributed by atoms with Crippen LogP contribution in [-0.4, -0.2) is 57.0 Å². The molecule has 1 atom stereocenters. The van der Waals surface area contributed by atoms with Gasteiger partial charge < -0.3 is 14.8 Å². The van der Waals surface area contributed by atoms with Crippen LogP contribution < -0.4 is 5.32 Å². The van der Waals surface area contributed by atoms with Gasteiger partial charge in [0.2, 0.25) is 10.0 Å². The Morgan fingerprint density at radius 2 is 1.71 bits per heavy atom. The fourth-order valence-electron chi connectivity index (χ4n) is 2.95. The maximum atomic E-state index is 12.6. The summed E-state index contributed by atoms with van der Waals surface area (Å²) in [5.41, 5.74) is 1.12. The molecule has 10 heteroatoms. The minimum Gasteiger partial charge on any atom is -0.452 e. The number of carbonyl (C=O) groups is 2. The number of amides is 1. The van der Waals surface area contributed by atoms with Crippen LogP contribution in [0.3, 0.4) is 0 Å². The highest BCUT2D eigenvalue weighted by atomic mass is 35.5. The molecule has 1 saturated heterocycles. The number of morpholine rings is 1. The summed E-state index contributed by atoms with van der Waals surface area (Å²) in [5.74, 6) is -1.06. The molecule has 0 aliphatic carbocycles. The largest absolute Gasteiger partial charge is 0.452 e. The fourth-order valence-corrected chi connectivity index (χ4v) is 4.49. The summed E-state index contributed by atoms with van der Waals surface area (Å²) < 4.78 is 37.0. The summed E-state index contributed by atoms with van der Waals surface area (Å²) >= 11 is 5.82. The van der Waals surface area contributed by atoms with E-state index in [1.54, 1.807) is 24.3 Å². The Morgan fingerprint density at radius 1 is 1.10 bits per heavy atom. The molecule has 1 N–H and O–H groups in total. The smallest absolute Gasteiger partial charge is 0.311 e. The molecule has 3 rings (SSSR count). The van der Waals surface area contributed by atoms with E-state index in [-0.39, 0.29) is 11.3 Å². The number of anilines is 1. The number of rotatable bonds is 7. The van der Waals surface area contributed by atoms with Crippen LogP contribution >= 0.6 is 11.6 Å². The van der Waals surface area contributed by atoms with Gasteiger partial charge in [-0.05, 0) is 48.9 Å². The summed E-state index contributed by atoms with van der Waals surface area (Å²) in [7, 11) is -3.61. The average Bonchev–Trinajstić information content (AvgIpc) is 2.76. The van der Waals surface area contributed by atoms with Gasteiger partial charge in [-0.25, -0.2) is 8.42 Å². The molecule has 1 aliphatic heterocycles. The van der Waals surface area contributed by atoms with Gasteiger partial charge in [0.15, 0.2) is 6.10 Å². The van der Waals surface area contributed by atoms with Crippen LogP contribution in [0.1, 0.15) is 12.5 Å². The zero-order chi connectivity index (χ0) is 22.4. The molecule has 0 bridgehead atoms. The molecule has 1 fully saturated rings. The molecule has 8 nitrogen and oxygen atoms in total. The van der Waals surface area contributed by atoms with Crippen molar-refractivity contribution in [1.82, 2.24) is 4.31 Å². The predicted octanol–water partition coefficient (Wildman–Crippen LogP) is 2.47. The Kier molecular flexibility index (Phi) is 7.66. The molecule has 0 saturated carbocycles. The summed E-state index contributed by atoms with van der Waals surface area (Å²) in [6.45, 7) is 2.80. The first-order valence-electron chi connectivity index (χ1n) is 9.68. The number of sulfonamides is 1. The Bertz CT molecular complexity index is 1020. The highest BCUT2D eigenvalue weighted by Crippen LogP contribution is 2.20. The van der Waals surface area contributed by atoms with Gasteiger partial charge in [-0.1, -0.05) is 23.7 Å². The lowest BCUT2D eigenvalue weighted by Crippen LogP contribution is -2.40. The summed E-state index contributed by atoms with van der Waals surface area (Å²) in [6.07, 6.45) is -1.00. The van der Waals surface area contributed by atoms with Crippen LogP contribution in [0.25, 0.3) is 0 Å². The van der Waals surface area contributed by atoms with Crippen molar-refractivity contribution >= 4 is 39.2 Å². The number of nitrogens with one attached hydrogen (secondary N) is 1. The second kappa shape index (κ2) is 10.2. The van der Waals surface area contributed by atoms with Crippen LogP contribution in [0.4, 0.5) is 5.69 Å². The highest BCUT2D eigenvalue weighted by Gasteiger charge is 2.26. The Morgan fingerprint density at radius 3 is 2.32 bits per heavy atom. The molecule has 0 spiro atoms. The third-order valence-electron chi connectivity index (χ3n) is 4.67. The SMILES string of the molecule is C[C@H](OC(=O)Cc1ccc(Cl)cc1)C(=O)Nc1ccc(S(=O)(=O)N2CCOCC2)cc1. The van der Waals surface area contributed by atoms with Gasteiger partial charge in [-0.2, -0.15) is 4.31 Å². The molecule has 1 amide bonds. The number of halogens is 1. The highest BCUT2D eigenvalue weighted by molar-refractivity contribution is 7.89. The standard InChI is InChI=1S/C21H23ClN2O6S/c1-15(30-20(25)14-16-2-4-17(22)5-3-16)21(26)23-18-6-8-19(9-7-18)31(27,28)24-10-12-29-13-11-24/h2-9,15H,10-14H2,1H3,(H,23,26)/t15-/m0/s1. The predicted molar refractivity (Wildman–Crippen MR) is 115 cm³/mol. The Hall–Kier alpha value is -2.46. The van der Waals surface area contributed by atoms with Gasteiger partial charge in [0.05, 0.1) is 24.5 Å². The van der Waals surface area contributed by atoms with E-state index in [1.807, 2.05) is 0 Å². The van der Waals surface area contributed by atoms with E-state index in [0.717, 1.165) is 5.56 Å². The minimum absolute atomic E-state index is 0.0168. The van der Waals surface area contributed by atoms with E-state index in [0.29, 0.717) is 37.0 Å². The van der Waals surface area contributed by atoms with E-state index in [9.17, 15) is 18.0 Å². The number of carbonyl (C=O) groups excluding carboxylic acids is 2. The summed E-state index contributed by atoms with van der Waals surface area (Å²) in [5, 5.41) is 3.18. The van der Waals surface area contributed by atoms with Gasteiger partial charge in [0.25, 0.3) is 5.91 Å². The number of esters is 1. The van der Waals surface area contributed by atoms with E-state index in [4.69, 9.17) is 21.1 Å². The lowest BCUT2D eigenvalue weighted by atomic mass is 10.1. The maximum absolute atomic E-state index is 12.6. The van der Waals surface area contributed by atoms with Gasteiger partial charge in [0, 0.05) is 23.8 Å². The molecule has 0 radical (unpaired) electrons. The van der Waals surface area contributed by atoms with Crippen molar-refractivity contribution in [2.75, 3.05) is 31.6 Å². The number of ether oxygens (including phenoxy) is 2. The fraction of sp³-hybridized carbons (Fsp3) is 0.333. The number of nitrogens with zero attached hydrogens (tertiary/aromatic N) is 1. The first-order valence-corrected chi connectivity index (χ1v) is 11.5. The Labute approximate surface area is 186 Å². The lowest BCUT2D eigenvalue weighted by Gasteiger charge is -2.26. The second-order valence-corrected chi connectivity index (χ2v) is 9.34. The molecule has 2 aromatic carbocycles. The van der Waals surface area contributed by atoms with Crippen LogP contribution in [0, 0.1) is 0 Å². The van der Waals surface area contributed by atoms with Crippen LogP contribution in [0.2, 0.25) is 5.02 Å². The van der Waals surface area contributed by atoms with E-state index in [2.05, 4.69) is 5.32 Å². The van der Waals surface area contributed by atoms with Gasteiger partial charge >= 0.3 is 5.97 Å². The minimum atomic E-state index is -3.61. The molecular formula is C21H23ClN2O6S. The summed E-state index contributed by atoms with van der Waals surface area (Å²) in [6, 6.07) is 12.6. The quantitative estimate of drug-likeness (QED) is 0.629. The first-order chi connectivity index (χ1) is 14.8. The van der Waals surface area contributed by atoms with E-state index < -0.39 is 28.0 Å². The van der Waals surface area contributed by atoms with Crippen LogP contribution in [-0.2, 0) is 35.5 Å². The van der Waals surface area contributed by atoms with Crippen LogP contribution in [0.5, 0.6) is 0 Å². The molecule has 0 aromatic heterocycles. The van der Waals surface area contributed by atoms with E-state index >= 15 is 0 Å². The topological polar surface area (TPSA) is 102 Å². The van der Waals surface area contributed by atoms with Crippen molar-refractivity contribution in [3.05, 3.63) is 59.1 Å². The summed E-state index contributed by atoms with van der Waals surface area (Å²) in [4.78, 5) is 24.5. The third-order valence-corrected chi connectivity index (χ3v) is 6.83. The van der Waals surface area contributed by atoms with Crippen molar-refractivity contribution < 1.29 is 27.5 Å². The molecule has 31 heavy (non-hydrogen) atoms. The van der Waals surface area contributed by atoms with Gasteiger partial charge in [-0.15, -0.1) is 0 Å². The lowest BCUT2D eigenvalue weighted by molar-refractivity contribution is -0.152. The van der Waals surface area contributed by atoms with Crippen molar-refractivity contribution in [2.45, 2.75) is 24.3 Å². The normalized spacial score (nSPS) is 15.8. The zero-order valence-electron chi connectivity index (χ0n) is 16.9. The molecule has 1 heterocycles. The number of benzene rings is 2. The number of hydrogen-bond donors (Lipinski definition) is 1. The molecule has 2 aromatic rings. The maximum Gasteiger partial charge on any atom is 0.311 e. The monoisotopic (exact) mass is 466 g/mol. The van der Waals surface area contributed by atoms with Crippen molar-refractivity contribution in [3.63, 3.8) is 0 Å². The van der Waals surface area contributed by atoms with Gasteiger partial charge in [0.1, 0.15) is 0 Å². The molecule has 166 valence electrons. The molecule has 1 aliphatic rings. The van der Waals surface area contributed by atoms with Crippen molar-refractivity contribution in [2.24, 2.45) is 0 Å². The first kappa shape index (κ1) is 23.2. The molecule has 0 unspecified atom stereocenters. The molecular weight excluding hydrogens is 444 g/mol. The van der Waals surface area contributed by atoms with E-state index in [1.165, 1.54) is 35.5 Å². The Balaban J connectivity index is 1.54. The van der Waals surface area contributed by atoms with Crippen LogP contribution in [0.15, 0.2) is 53.4 Å². The zero-order valence-corrected chi connectivity index (χ0v) is 18.5. The van der Waals surface area contributed by atoms with Crippen molar-refractivity contribution in [1.29, 1.82) is 0 Å². The third kappa shape index (κ3) is 6.27. The second-order valence-electron chi connectivity index (χ2n) is 6.97.